The molecule has 1 aliphatic heterocycles. The molecule has 33 heavy (non-hydrogen) atoms. The minimum atomic E-state index is -0.415. The third kappa shape index (κ3) is 5.55. The van der Waals surface area contributed by atoms with Crippen molar-refractivity contribution in [2.45, 2.75) is 32.9 Å². The number of benzene rings is 2. The Morgan fingerprint density at radius 2 is 1.85 bits per heavy atom. The number of fused-ring (bicyclic) bond motifs is 1. The number of carbonyl (C=O) groups excluding carboxylic acids is 2. The van der Waals surface area contributed by atoms with Gasteiger partial charge < -0.3 is 14.4 Å². The maximum absolute atomic E-state index is 12.7. The van der Waals surface area contributed by atoms with E-state index in [-0.39, 0.29) is 18.3 Å². The predicted molar refractivity (Wildman–Crippen MR) is 123 cm³/mol. The lowest BCUT2D eigenvalue weighted by molar-refractivity contribution is -0.146. The normalized spacial score (nSPS) is 13.7. The molecule has 0 radical (unpaired) electrons. The van der Waals surface area contributed by atoms with E-state index < -0.39 is 5.92 Å². The number of amides is 1. The monoisotopic (exact) mass is 445 g/mol. The summed E-state index contributed by atoms with van der Waals surface area (Å²) in [7, 11) is 1.33. The lowest BCUT2D eigenvalue weighted by atomic mass is 10.0. The average molecular weight is 446 g/mol. The second-order valence-electron chi connectivity index (χ2n) is 8.16. The Hall–Kier alpha value is -3.74. The molecule has 0 aliphatic carbocycles. The van der Waals surface area contributed by atoms with Crippen molar-refractivity contribution in [2.24, 2.45) is 5.92 Å². The molecule has 0 saturated carbocycles. The van der Waals surface area contributed by atoms with Crippen molar-refractivity contribution in [1.82, 2.24) is 14.9 Å². The van der Waals surface area contributed by atoms with Gasteiger partial charge in [0.25, 0.3) is 0 Å². The number of hydrogen-bond donors (Lipinski definition) is 0. The van der Waals surface area contributed by atoms with Crippen LogP contribution in [0.5, 0.6) is 5.75 Å². The number of hydrogen-bond acceptors (Lipinski definition) is 6. The van der Waals surface area contributed by atoms with Crippen LogP contribution in [-0.2, 0) is 33.9 Å². The number of esters is 1. The number of carbonyl (C=O) groups is 2. The van der Waals surface area contributed by atoms with Gasteiger partial charge in [-0.2, -0.15) is 0 Å². The summed E-state index contributed by atoms with van der Waals surface area (Å²) in [6, 6.07) is 17.8. The molecular weight excluding hydrogens is 418 g/mol. The van der Waals surface area contributed by atoms with E-state index >= 15 is 0 Å². The lowest BCUT2D eigenvalue weighted by Crippen LogP contribution is -2.40. The third-order valence-corrected chi connectivity index (χ3v) is 5.73. The molecule has 170 valence electrons. The molecule has 2 aromatic carbocycles. The summed E-state index contributed by atoms with van der Waals surface area (Å²) in [5.41, 5.74) is 3.92. The van der Waals surface area contributed by atoms with Gasteiger partial charge in [0.1, 0.15) is 12.4 Å². The van der Waals surface area contributed by atoms with E-state index in [4.69, 9.17) is 9.72 Å². The first-order valence-electron chi connectivity index (χ1n) is 11.0. The lowest BCUT2D eigenvalue weighted by Gasteiger charge is -2.30. The molecule has 1 aliphatic rings. The Labute approximate surface area is 193 Å². The van der Waals surface area contributed by atoms with Crippen molar-refractivity contribution in [2.75, 3.05) is 13.7 Å². The Bertz CT molecular complexity index is 1120. The van der Waals surface area contributed by atoms with Gasteiger partial charge in [0.15, 0.2) is 5.82 Å². The zero-order valence-corrected chi connectivity index (χ0v) is 18.9. The van der Waals surface area contributed by atoms with Crippen molar-refractivity contribution in [3.63, 3.8) is 0 Å². The highest BCUT2D eigenvalue weighted by Crippen LogP contribution is 2.24. The highest BCUT2D eigenvalue weighted by molar-refractivity contribution is 5.83. The maximum atomic E-state index is 12.7. The van der Waals surface area contributed by atoms with E-state index in [9.17, 15) is 9.59 Å². The van der Waals surface area contributed by atoms with Crippen molar-refractivity contribution >= 4 is 11.9 Å². The second-order valence-corrected chi connectivity index (χ2v) is 8.16. The first-order chi connectivity index (χ1) is 16.0. The van der Waals surface area contributed by atoms with E-state index in [1.165, 1.54) is 7.11 Å². The minimum Gasteiger partial charge on any atom is -0.489 e. The predicted octanol–water partition coefficient (Wildman–Crippen LogP) is 3.81. The van der Waals surface area contributed by atoms with E-state index in [2.05, 4.69) is 9.72 Å². The minimum absolute atomic E-state index is 0.0544. The molecule has 0 spiro atoms. The Morgan fingerprint density at radius 3 is 2.58 bits per heavy atom. The summed E-state index contributed by atoms with van der Waals surface area (Å²) in [4.78, 5) is 35.2. The molecular formula is C26H27N3O4. The van der Waals surface area contributed by atoms with Crippen LogP contribution in [0.1, 0.15) is 30.2 Å². The van der Waals surface area contributed by atoms with Crippen LogP contribution in [0.4, 0.5) is 0 Å². The van der Waals surface area contributed by atoms with Gasteiger partial charge in [-0.15, -0.1) is 0 Å². The number of aromatic nitrogens is 2. The van der Waals surface area contributed by atoms with Gasteiger partial charge in [-0.05, 0) is 29.8 Å². The standard InChI is InChI=1S/C26H27N3O4/c1-18(14-24(30)32-2)26(31)29-13-12-23-21(16-29)15-27-25(28-23)20-8-10-22(11-9-20)33-17-19-6-4-3-5-7-19/h3-11,15,18H,12-14,16-17H2,1-2H3/t18-/m1/s1. The highest BCUT2D eigenvalue weighted by atomic mass is 16.5. The topological polar surface area (TPSA) is 81.6 Å². The first kappa shape index (κ1) is 22.5. The number of ether oxygens (including phenoxy) is 2. The van der Waals surface area contributed by atoms with Gasteiger partial charge >= 0.3 is 5.97 Å². The van der Waals surface area contributed by atoms with Gasteiger partial charge in [-0.25, -0.2) is 9.97 Å². The number of nitrogens with zero attached hydrogens (tertiary/aromatic N) is 3. The molecule has 0 N–H and O–H groups in total. The molecule has 0 fully saturated rings. The van der Waals surface area contributed by atoms with Gasteiger partial charge in [-0.1, -0.05) is 37.3 Å². The molecule has 1 aromatic heterocycles. The quantitative estimate of drug-likeness (QED) is 0.515. The molecule has 7 heteroatoms. The fourth-order valence-corrected chi connectivity index (χ4v) is 3.82. The molecule has 4 rings (SSSR count). The van der Waals surface area contributed by atoms with Gasteiger partial charge in [0.2, 0.25) is 5.91 Å². The van der Waals surface area contributed by atoms with Gasteiger partial charge in [0.05, 0.1) is 19.2 Å². The largest absolute Gasteiger partial charge is 0.489 e. The zero-order chi connectivity index (χ0) is 23.2. The Balaban J connectivity index is 1.39. The molecule has 2 heterocycles. The highest BCUT2D eigenvalue weighted by Gasteiger charge is 2.27. The van der Waals surface area contributed by atoms with Gasteiger partial charge in [-0.3, -0.25) is 9.59 Å². The van der Waals surface area contributed by atoms with E-state index in [1.807, 2.05) is 54.6 Å². The van der Waals surface area contributed by atoms with E-state index in [0.29, 0.717) is 31.9 Å². The maximum Gasteiger partial charge on any atom is 0.306 e. The molecule has 1 atom stereocenters. The van der Waals surface area contributed by atoms with Crippen LogP contribution >= 0.6 is 0 Å². The number of methoxy groups -OCH3 is 1. The molecule has 3 aromatic rings. The first-order valence-corrected chi connectivity index (χ1v) is 11.0. The van der Waals surface area contributed by atoms with Crippen LogP contribution in [0.3, 0.4) is 0 Å². The second kappa shape index (κ2) is 10.3. The molecule has 1 amide bonds. The third-order valence-electron chi connectivity index (χ3n) is 5.73. The van der Waals surface area contributed by atoms with Crippen molar-refractivity contribution < 1.29 is 19.1 Å². The van der Waals surface area contributed by atoms with Crippen LogP contribution in [0.15, 0.2) is 60.8 Å². The van der Waals surface area contributed by atoms with Crippen molar-refractivity contribution in [1.29, 1.82) is 0 Å². The summed E-state index contributed by atoms with van der Waals surface area (Å²) >= 11 is 0. The smallest absolute Gasteiger partial charge is 0.306 e. The number of rotatable bonds is 7. The summed E-state index contributed by atoms with van der Waals surface area (Å²) in [6.45, 7) is 3.29. The summed E-state index contributed by atoms with van der Waals surface area (Å²) in [6.07, 6.45) is 2.53. The molecule has 0 saturated heterocycles. The summed E-state index contributed by atoms with van der Waals surface area (Å²) in [5.74, 6) is 0.596. The molecule has 0 bridgehead atoms. The molecule has 7 nitrogen and oxygen atoms in total. The van der Waals surface area contributed by atoms with Crippen molar-refractivity contribution in [3.05, 3.63) is 77.6 Å². The van der Waals surface area contributed by atoms with Crippen LogP contribution in [0.2, 0.25) is 0 Å². The Kier molecular flexibility index (Phi) is 6.98. The zero-order valence-electron chi connectivity index (χ0n) is 18.9. The summed E-state index contributed by atoms with van der Waals surface area (Å²) < 4.78 is 10.5. The van der Waals surface area contributed by atoms with Crippen LogP contribution in [-0.4, -0.2) is 40.4 Å². The Morgan fingerprint density at radius 1 is 1.09 bits per heavy atom. The van der Waals surface area contributed by atoms with E-state index in [1.54, 1.807) is 18.0 Å². The van der Waals surface area contributed by atoms with Gasteiger partial charge in [0, 0.05) is 42.8 Å². The van der Waals surface area contributed by atoms with E-state index in [0.717, 1.165) is 28.1 Å². The fraction of sp³-hybridized carbons (Fsp3) is 0.308. The van der Waals surface area contributed by atoms with Crippen LogP contribution in [0.25, 0.3) is 11.4 Å². The average Bonchev–Trinajstić information content (AvgIpc) is 2.87. The van der Waals surface area contributed by atoms with Crippen LogP contribution < -0.4 is 4.74 Å². The fourth-order valence-electron chi connectivity index (χ4n) is 3.82. The molecule has 0 unspecified atom stereocenters. The summed E-state index contributed by atoms with van der Waals surface area (Å²) in [5, 5.41) is 0. The van der Waals surface area contributed by atoms with Crippen molar-refractivity contribution in [3.8, 4) is 17.1 Å². The SMILES string of the molecule is COC(=O)C[C@@H](C)C(=O)N1CCc2nc(-c3ccc(OCc4ccccc4)cc3)ncc2C1. The van der Waals surface area contributed by atoms with Crippen LogP contribution in [0, 0.1) is 5.92 Å².